The summed E-state index contributed by atoms with van der Waals surface area (Å²) in [6.45, 7) is 5.42. The highest BCUT2D eigenvalue weighted by atomic mass is 16.5. The normalized spacial score (nSPS) is 20.1. The summed E-state index contributed by atoms with van der Waals surface area (Å²) in [5.74, 6) is 1.88. The van der Waals surface area contributed by atoms with Gasteiger partial charge in [0.15, 0.2) is 0 Å². The van der Waals surface area contributed by atoms with Crippen molar-refractivity contribution < 1.29 is 4.74 Å². The maximum atomic E-state index is 5.92. The zero-order valence-corrected chi connectivity index (χ0v) is 12.9. The molecule has 4 rings (SSSR count). The van der Waals surface area contributed by atoms with E-state index in [0.717, 1.165) is 43.6 Å². The maximum absolute atomic E-state index is 5.92. The molecule has 2 N–H and O–H groups in total. The summed E-state index contributed by atoms with van der Waals surface area (Å²) in [7, 11) is 0. The molecule has 3 heterocycles. The van der Waals surface area contributed by atoms with Crippen molar-refractivity contribution in [2.24, 2.45) is 5.92 Å². The van der Waals surface area contributed by atoms with Gasteiger partial charge >= 0.3 is 0 Å². The number of dihydropyridines is 1. The lowest BCUT2D eigenvalue weighted by molar-refractivity contribution is 0.189. The molecular weight excluding hydrogens is 276 g/mol. The summed E-state index contributed by atoms with van der Waals surface area (Å²) in [5, 5.41) is 11.3. The standard InChI is InChI=1S/C17H22N4O/c1-12-6-15(19-8-17(12)22-11-13-2-3-13)10-21-9-14-7-18-5-4-16(14)20-21/h4-6,9,13,18-19H,2-3,7-8,10-11H2,1H3. The molecule has 22 heavy (non-hydrogen) atoms. The lowest BCUT2D eigenvalue weighted by Gasteiger charge is -2.21. The molecule has 1 aromatic heterocycles. The van der Waals surface area contributed by atoms with Crippen molar-refractivity contribution in [3.8, 4) is 0 Å². The van der Waals surface area contributed by atoms with Crippen molar-refractivity contribution in [3.05, 3.63) is 46.8 Å². The molecule has 5 nitrogen and oxygen atoms in total. The van der Waals surface area contributed by atoms with E-state index in [4.69, 9.17) is 4.74 Å². The van der Waals surface area contributed by atoms with Crippen LogP contribution < -0.4 is 10.6 Å². The third-order valence-corrected chi connectivity index (χ3v) is 4.35. The molecule has 0 amide bonds. The van der Waals surface area contributed by atoms with Gasteiger partial charge in [0.2, 0.25) is 0 Å². The quantitative estimate of drug-likeness (QED) is 0.874. The molecule has 0 radical (unpaired) electrons. The highest BCUT2D eigenvalue weighted by Crippen LogP contribution is 2.30. The summed E-state index contributed by atoms with van der Waals surface area (Å²) in [5.41, 5.74) is 4.73. The van der Waals surface area contributed by atoms with Crippen LogP contribution in [0.4, 0.5) is 0 Å². The molecule has 1 saturated carbocycles. The van der Waals surface area contributed by atoms with E-state index in [1.54, 1.807) is 0 Å². The molecule has 1 fully saturated rings. The first-order chi connectivity index (χ1) is 10.8. The maximum Gasteiger partial charge on any atom is 0.118 e. The fourth-order valence-corrected chi connectivity index (χ4v) is 2.81. The Morgan fingerprint density at radius 3 is 3.05 bits per heavy atom. The number of allylic oxidation sites excluding steroid dienone is 3. The van der Waals surface area contributed by atoms with Crippen LogP contribution in [-0.2, 0) is 17.8 Å². The molecule has 116 valence electrons. The van der Waals surface area contributed by atoms with Crippen molar-refractivity contribution in [1.82, 2.24) is 20.4 Å². The number of hydrogen-bond acceptors (Lipinski definition) is 4. The molecule has 0 aromatic carbocycles. The van der Waals surface area contributed by atoms with Gasteiger partial charge in [-0.1, -0.05) is 0 Å². The van der Waals surface area contributed by atoms with Crippen molar-refractivity contribution >= 4 is 6.08 Å². The Labute approximate surface area is 130 Å². The van der Waals surface area contributed by atoms with Crippen LogP contribution in [0.25, 0.3) is 6.08 Å². The molecule has 1 aliphatic carbocycles. The number of aromatic nitrogens is 2. The molecule has 1 aromatic rings. The Morgan fingerprint density at radius 1 is 1.36 bits per heavy atom. The minimum absolute atomic E-state index is 0.772. The number of ether oxygens (including phenoxy) is 1. The van der Waals surface area contributed by atoms with Crippen LogP contribution in [0, 0.1) is 5.92 Å². The van der Waals surface area contributed by atoms with Gasteiger partial charge in [-0.05, 0) is 49.6 Å². The lowest BCUT2D eigenvalue weighted by Crippen LogP contribution is -2.26. The highest BCUT2D eigenvalue weighted by Gasteiger charge is 2.23. The second-order valence-electron chi connectivity index (χ2n) is 6.34. The van der Waals surface area contributed by atoms with Gasteiger partial charge in [0, 0.05) is 24.0 Å². The van der Waals surface area contributed by atoms with Gasteiger partial charge in [-0.25, -0.2) is 0 Å². The van der Waals surface area contributed by atoms with E-state index in [2.05, 4.69) is 34.9 Å². The number of nitrogens with zero attached hydrogens (tertiary/aromatic N) is 2. The van der Waals surface area contributed by atoms with Gasteiger partial charge in [-0.15, -0.1) is 0 Å². The number of fused-ring (bicyclic) bond motifs is 1. The van der Waals surface area contributed by atoms with Crippen LogP contribution >= 0.6 is 0 Å². The SMILES string of the molecule is CC1=C(OCC2CC2)CNC(Cn2cc3c(n2)C=CNC3)=C1. The highest BCUT2D eigenvalue weighted by molar-refractivity contribution is 5.50. The predicted molar refractivity (Wildman–Crippen MR) is 85.6 cm³/mol. The van der Waals surface area contributed by atoms with Crippen molar-refractivity contribution in [2.75, 3.05) is 13.2 Å². The summed E-state index contributed by atoms with van der Waals surface area (Å²) in [4.78, 5) is 0. The molecule has 0 saturated heterocycles. The molecule has 3 aliphatic rings. The lowest BCUT2D eigenvalue weighted by atomic mass is 10.1. The average molecular weight is 298 g/mol. The van der Waals surface area contributed by atoms with E-state index in [0.29, 0.717) is 0 Å². The summed E-state index contributed by atoms with van der Waals surface area (Å²) in [6, 6.07) is 0. The van der Waals surface area contributed by atoms with E-state index in [1.165, 1.54) is 29.7 Å². The number of hydrogen-bond donors (Lipinski definition) is 2. The second kappa shape index (κ2) is 5.55. The largest absolute Gasteiger partial charge is 0.495 e. The fraction of sp³-hybridized carbons (Fsp3) is 0.471. The third-order valence-electron chi connectivity index (χ3n) is 4.35. The Morgan fingerprint density at radius 2 is 2.27 bits per heavy atom. The molecule has 0 unspecified atom stereocenters. The number of nitrogens with one attached hydrogen (secondary N) is 2. The second-order valence-corrected chi connectivity index (χ2v) is 6.34. The third kappa shape index (κ3) is 2.89. The molecule has 0 spiro atoms. The summed E-state index contributed by atoms with van der Waals surface area (Å²) < 4.78 is 7.92. The van der Waals surface area contributed by atoms with Crippen LogP contribution in [-0.4, -0.2) is 22.9 Å². The Hall–Kier alpha value is -2.17. The van der Waals surface area contributed by atoms with E-state index < -0.39 is 0 Å². The van der Waals surface area contributed by atoms with E-state index in [1.807, 2.05) is 17.0 Å². The first kappa shape index (κ1) is 13.5. The summed E-state index contributed by atoms with van der Waals surface area (Å²) >= 11 is 0. The predicted octanol–water partition coefficient (Wildman–Crippen LogP) is 2.14. The van der Waals surface area contributed by atoms with Crippen LogP contribution in [0.2, 0.25) is 0 Å². The van der Waals surface area contributed by atoms with Crippen molar-refractivity contribution in [3.63, 3.8) is 0 Å². The van der Waals surface area contributed by atoms with Gasteiger partial charge in [0.05, 0.1) is 25.4 Å². The zero-order chi connectivity index (χ0) is 14.9. The van der Waals surface area contributed by atoms with E-state index in [-0.39, 0.29) is 0 Å². The van der Waals surface area contributed by atoms with Crippen LogP contribution in [0.5, 0.6) is 0 Å². The topological polar surface area (TPSA) is 51.1 Å². The van der Waals surface area contributed by atoms with Gasteiger partial charge in [0.25, 0.3) is 0 Å². The molecule has 5 heteroatoms. The minimum Gasteiger partial charge on any atom is -0.495 e. The first-order valence-corrected chi connectivity index (χ1v) is 8.01. The molecular formula is C17H22N4O. The number of rotatable bonds is 5. The van der Waals surface area contributed by atoms with Crippen molar-refractivity contribution in [2.45, 2.75) is 32.9 Å². The van der Waals surface area contributed by atoms with Gasteiger partial charge in [0.1, 0.15) is 5.76 Å². The van der Waals surface area contributed by atoms with Gasteiger partial charge in [-0.3, -0.25) is 4.68 Å². The van der Waals surface area contributed by atoms with Crippen LogP contribution in [0.15, 0.2) is 35.5 Å². The van der Waals surface area contributed by atoms with Crippen molar-refractivity contribution in [1.29, 1.82) is 0 Å². The van der Waals surface area contributed by atoms with E-state index in [9.17, 15) is 0 Å². The fourth-order valence-electron chi connectivity index (χ4n) is 2.81. The van der Waals surface area contributed by atoms with Gasteiger partial charge < -0.3 is 15.4 Å². The smallest absolute Gasteiger partial charge is 0.118 e. The summed E-state index contributed by atoms with van der Waals surface area (Å²) in [6.07, 6.45) is 10.9. The molecule has 2 aliphatic heterocycles. The molecule has 0 atom stereocenters. The zero-order valence-electron chi connectivity index (χ0n) is 12.9. The van der Waals surface area contributed by atoms with Gasteiger partial charge in [-0.2, -0.15) is 5.10 Å². The Bertz CT molecular complexity index is 664. The van der Waals surface area contributed by atoms with E-state index >= 15 is 0 Å². The van der Waals surface area contributed by atoms with Crippen LogP contribution in [0.1, 0.15) is 31.0 Å². The Balaban J connectivity index is 1.43. The Kier molecular flexibility index (Phi) is 3.41. The first-order valence-electron chi connectivity index (χ1n) is 8.01. The molecule has 0 bridgehead atoms. The average Bonchev–Trinajstić information content (AvgIpc) is 3.25. The monoisotopic (exact) mass is 298 g/mol. The minimum atomic E-state index is 0.772. The van der Waals surface area contributed by atoms with Crippen LogP contribution in [0.3, 0.4) is 0 Å².